The van der Waals surface area contributed by atoms with Gasteiger partial charge in [-0.05, 0) is 38.0 Å². The first-order chi connectivity index (χ1) is 13.0. The molecule has 1 fully saturated rings. The van der Waals surface area contributed by atoms with E-state index >= 15 is 0 Å². The molecule has 0 aromatic heterocycles. The molecule has 1 amide bonds. The third-order valence-electron chi connectivity index (χ3n) is 4.93. The zero-order valence-electron chi connectivity index (χ0n) is 16.7. The summed E-state index contributed by atoms with van der Waals surface area (Å²) in [6, 6.07) is 4.95. The van der Waals surface area contributed by atoms with Crippen LogP contribution in [0.1, 0.15) is 25.8 Å². The van der Waals surface area contributed by atoms with Gasteiger partial charge in [-0.15, -0.1) is 0 Å². The molecule has 0 radical (unpaired) electrons. The maximum Gasteiger partial charge on any atom is 0.237 e. The minimum Gasteiger partial charge on any atom is -0.494 e. The van der Waals surface area contributed by atoms with E-state index in [1.54, 1.807) is 6.07 Å². The molecule has 0 bridgehead atoms. The first kappa shape index (κ1) is 21.6. The zero-order chi connectivity index (χ0) is 19.6. The van der Waals surface area contributed by atoms with E-state index in [9.17, 15) is 9.18 Å². The average molecular weight is 381 g/mol. The molecule has 1 aromatic rings. The Bertz CT molecular complexity index is 592. The third-order valence-corrected chi connectivity index (χ3v) is 4.93. The SMILES string of the molecule is CCOCCCNC(=O)C(C)N1CCN(Cc2ccc(OC)c(F)c2)CC1. The van der Waals surface area contributed by atoms with Crippen molar-refractivity contribution in [3.63, 3.8) is 0 Å². The van der Waals surface area contributed by atoms with Gasteiger partial charge in [0, 0.05) is 52.5 Å². The van der Waals surface area contributed by atoms with Crippen LogP contribution in [0.15, 0.2) is 18.2 Å². The number of hydrogen-bond donors (Lipinski definition) is 1. The summed E-state index contributed by atoms with van der Waals surface area (Å²) in [7, 11) is 1.47. The molecule has 1 aromatic carbocycles. The van der Waals surface area contributed by atoms with E-state index in [4.69, 9.17) is 9.47 Å². The van der Waals surface area contributed by atoms with Crippen molar-refractivity contribution in [1.29, 1.82) is 0 Å². The molecule has 2 rings (SSSR count). The van der Waals surface area contributed by atoms with Crippen molar-refractivity contribution in [3.05, 3.63) is 29.6 Å². The first-order valence-corrected chi connectivity index (χ1v) is 9.69. The number of benzene rings is 1. The standard InChI is InChI=1S/C20H32FN3O3/c1-4-27-13-5-8-22-20(25)16(2)24-11-9-23(10-12-24)15-17-6-7-19(26-3)18(21)14-17/h6-7,14,16H,4-5,8-13,15H2,1-3H3,(H,22,25). The van der Waals surface area contributed by atoms with Crippen LogP contribution in [0.5, 0.6) is 5.75 Å². The van der Waals surface area contributed by atoms with E-state index in [-0.39, 0.29) is 23.5 Å². The van der Waals surface area contributed by atoms with Gasteiger partial charge in [0.1, 0.15) is 0 Å². The molecule has 0 spiro atoms. The summed E-state index contributed by atoms with van der Waals surface area (Å²) >= 11 is 0. The normalized spacial score (nSPS) is 16.9. The van der Waals surface area contributed by atoms with E-state index in [0.717, 1.165) is 38.2 Å². The summed E-state index contributed by atoms with van der Waals surface area (Å²) in [5, 5.41) is 2.98. The van der Waals surface area contributed by atoms with E-state index in [1.807, 2.05) is 19.9 Å². The smallest absolute Gasteiger partial charge is 0.237 e. The molecular weight excluding hydrogens is 349 g/mol. The maximum absolute atomic E-state index is 13.8. The number of rotatable bonds is 10. The summed E-state index contributed by atoms with van der Waals surface area (Å²) < 4.78 is 24.1. The van der Waals surface area contributed by atoms with Crippen LogP contribution in [0, 0.1) is 5.82 Å². The molecule has 1 saturated heterocycles. The van der Waals surface area contributed by atoms with Gasteiger partial charge in [-0.1, -0.05) is 6.07 Å². The van der Waals surface area contributed by atoms with Crippen LogP contribution in [-0.2, 0) is 16.1 Å². The Kier molecular flexibility index (Phi) is 8.97. The van der Waals surface area contributed by atoms with E-state index in [2.05, 4.69) is 15.1 Å². The van der Waals surface area contributed by atoms with Crippen LogP contribution in [0.3, 0.4) is 0 Å². The fourth-order valence-electron chi connectivity index (χ4n) is 3.22. The van der Waals surface area contributed by atoms with Gasteiger partial charge in [-0.25, -0.2) is 4.39 Å². The van der Waals surface area contributed by atoms with Crippen LogP contribution >= 0.6 is 0 Å². The number of amides is 1. The Hall–Kier alpha value is -1.70. The van der Waals surface area contributed by atoms with Crippen molar-refractivity contribution in [2.45, 2.75) is 32.9 Å². The van der Waals surface area contributed by atoms with Crippen molar-refractivity contribution >= 4 is 5.91 Å². The van der Waals surface area contributed by atoms with Gasteiger partial charge in [0.05, 0.1) is 13.2 Å². The number of ether oxygens (including phenoxy) is 2. The monoisotopic (exact) mass is 381 g/mol. The van der Waals surface area contributed by atoms with Gasteiger partial charge in [-0.3, -0.25) is 14.6 Å². The highest BCUT2D eigenvalue weighted by Gasteiger charge is 2.25. The zero-order valence-corrected chi connectivity index (χ0v) is 16.7. The van der Waals surface area contributed by atoms with Crippen LogP contribution in [-0.4, -0.2) is 74.8 Å². The molecule has 0 aliphatic carbocycles. The highest BCUT2D eigenvalue weighted by Crippen LogP contribution is 2.19. The molecule has 27 heavy (non-hydrogen) atoms. The maximum atomic E-state index is 13.8. The van der Waals surface area contributed by atoms with Crippen molar-refractivity contribution in [2.75, 3.05) is 53.0 Å². The second kappa shape index (κ2) is 11.2. The van der Waals surface area contributed by atoms with E-state index in [0.29, 0.717) is 26.3 Å². The Morgan fingerprint density at radius 1 is 1.30 bits per heavy atom. The van der Waals surface area contributed by atoms with Gasteiger partial charge < -0.3 is 14.8 Å². The fourth-order valence-corrected chi connectivity index (χ4v) is 3.22. The lowest BCUT2D eigenvalue weighted by atomic mass is 10.1. The number of nitrogens with one attached hydrogen (secondary N) is 1. The second-order valence-corrected chi connectivity index (χ2v) is 6.80. The van der Waals surface area contributed by atoms with Gasteiger partial charge in [0.2, 0.25) is 5.91 Å². The topological polar surface area (TPSA) is 54.0 Å². The molecule has 6 nitrogen and oxygen atoms in total. The molecular formula is C20H32FN3O3. The van der Waals surface area contributed by atoms with Gasteiger partial charge >= 0.3 is 0 Å². The molecule has 1 N–H and O–H groups in total. The Balaban J connectivity index is 1.72. The summed E-state index contributed by atoms with van der Waals surface area (Å²) in [6.07, 6.45) is 0.832. The van der Waals surface area contributed by atoms with E-state index < -0.39 is 0 Å². The highest BCUT2D eigenvalue weighted by molar-refractivity contribution is 5.81. The fraction of sp³-hybridized carbons (Fsp3) is 0.650. The van der Waals surface area contributed by atoms with Crippen molar-refractivity contribution in [2.24, 2.45) is 0 Å². The molecule has 152 valence electrons. The molecule has 1 heterocycles. The minimum absolute atomic E-state index is 0.0668. The van der Waals surface area contributed by atoms with Crippen LogP contribution in [0.25, 0.3) is 0 Å². The quantitative estimate of drug-likeness (QED) is 0.627. The second-order valence-electron chi connectivity index (χ2n) is 6.80. The molecule has 0 saturated carbocycles. The van der Waals surface area contributed by atoms with Crippen molar-refractivity contribution in [3.8, 4) is 5.75 Å². The van der Waals surface area contributed by atoms with Crippen LogP contribution < -0.4 is 10.1 Å². The van der Waals surface area contributed by atoms with Crippen molar-refractivity contribution in [1.82, 2.24) is 15.1 Å². The number of carbonyl (C=O) groups is 1. The number of carbonyl (C=O) groups excluding carboxylic acids is 1. The predicted octanol–water partition coefficient (Wildman–Crippen LogP) is 1.88. The predicted molar refractivity (Wildman–Crippen MR) is 103 cm³/mol. The molecule has 1 unspecified atom stereocenters. The average Bonchev–Trinajstić information content (AvgIpc) is 2.68. The summed E-state index contributed by atoms with van der Waals surface area (Å²) in [5.74, 6) is 0.00473. The lowest BCUT2D eigenvalue weighted by Crippen LogP contribution is -2.53. The largest absolute Gasteiger partial charge is 0.494 e. The Labute approximate surface area is 161 Å². The number of nitrogens with zero attached hydrogens (tertiary/aromatic N) is 2. The summed E-state index contributed by atoms with van der Waals surface area (Å²) in [6.45, 7) is 10.0. The molecule has 1 aliphatic heterocycles. The van der Waals surface area contributed by atoms with E-state index in [1.165, 1.54) is 13.2 Å². The molecule has 1 aliphatic rings. The van der Waals surface area contributed by atoms with Crippen LogP contribution in [0.2, 0.25) is 0 Å². The number of halogens is 1. The summed E-state index contributed by atoms with van der Waals surface area (Å²) in [5.41, 5.74) is 0.932. The molecule has 7 heteroatoms. The first-order valence-electron chi connectivity index (χ1n) is 9.69. The number of piperazine rings is 1. The van der Waals surface area contributed by atoms with Crippen LogP contribution in [0.4, 0.5) is 4.39 Å². The lowest BCUT2D eigenvalue weighted by molar-refractivity contribution is -0.126. The van der Waals surface area contributed by atoms with Gasteiger partial charge in [0.25, 0.3) is 0 Å². The molecule has 1 atom stereocenters. The van der Waals surface area contributed by atoms with Gasteiger partial charge in [-0.2, -0.15) is 0 Å². The highest BCUT2D eigenvalue weighted by atomic mass is 19.1. The third kappa shape index (κ3) is 6.75. The Morgan fingerprint density at radius 2 is 2.04 bits per heavy atom. The number of hydrogen-bond acceptors (Lipinski definition) is 5. The Morgan fingerprint density at radius 3 is 2.67 bits per heavy atom. The minimum atomic E-state index is -0.330. The number of methoxy groups -OCH3 is 1. The summed E-state index contributed by atoms with van der Waals surface area (Å²) in [4.78, 5) is 16.8. The van der Waals surface area contributed by atoms with Crippen molar-refractivity contribution < 1.29 is 18.7 Å². The lowest BCUT2D eigenvalue weighted by Gasteiger charge is -2.37. The van der Waals surface area contributed by atoms with Gasteiger partial charge in [0.15, 0.2) is 11.6 Å².